The number of carbonyl (C=O) groups excluding carboxylic acids is 2. The number of benzene rings is 2. The third kappa shape index (κ3) is 4.23. The molecule has 0 aliphatic heterocycles. The highest BCUT2D eigenvalue weighted by molar-refractivity contribution is 5.99. The molecule has 0 aliphatic carbocycles. The molecule has 0 fully saturated rings. The molecule has 1 amide bonds. The highest BCUT2D eigenvalue weighted by atomic mass is 16.5. The lowest BCUT2D eigenvalue weighted by atomic mass is 10.0. The number of ether oxygens (including phenoxy) is 2. The van der Waals surface area contributed by atoms with Crippen LogP contribution in [-0.2, 0) is 16.0 Å². The van der Waals surface area contributed by atoms with Gasteiger partial charge in [-0.15, -0.1) is 0 Å². The minimum atomic E-state index is -0.842. The number of hydrogen-bond donors (Lipinski definition) is 1. The van der Waals surface area contributed by atoms with Crippen molar-refractivity contribution in [1.82, 2.24) is 10.3 Å². The van der Waals surface area contributed by atoms with Crippen LogP contribution in [0.5, 0.6) is 5.75 Å². The molecule has 0 radical (unpaired) electrons. The first-order chi connectivity index (χ1) is 13.1. The van der Waals surface area contributed by atoms with Gasteiger partial charge in [0.15, 0.2) is 0 Å². The summed E-state index contributed by atoms with van der Waals surface area (Å²) in [6, 6.07) is 15.8. The summed E-state index contributed by atoms with van der Waals surface area (Å²) in [5.41, 5.74) is 1.97. The molecular formula is C21H20N2O4. The van der Waals surface area contributed by atoms with E-state index in [0.29, 0.717) is 11.3 Å². The van der Waals surface area contributed by atoms with Gasteiger partial charge in [-0.1, -0.05) is 36.4 Å². The number of fused-ring (bicyclic) bond motifs is 1. The van der Waals surface area contributed by atoms with Crippen molar-refractivity contribution >= 4 is 22.8 Å². The third-order valence-corrected chi connectivity index (χ3v) is 4.26. The summed E-state index contributed by atoms with van der Waals surface area (Å²) in [6.07, 6.45) is 1.75. The normalized spacial score (nSPS) is 11.6. The fraction of sp³-hybridized carbons (Fsp3) is 0.190. The number of hydrogen-bond acceptors (Lipinski definition) is 5. The standard InChI is InChI=1S/C21H20N2O4/c1-26-19-10-6-4-8-15(19)12-18(21(25)27-2)23-20(24)16-11-14-7-3-5-9-17(14)22-13-16/h3-11,13,18H,12H2,1-2H3,(H,23,24)/t18-/m0/s1. The molecule has 2 aromatic carbocycles. The Hall–Kier alpha value is -3.41. The maximum Gasteiger partial charge on any atom is 0.328 e. The Balaban J connectivity index is 1.82. The Morgan fingerprint density at radius 3 is 2.59 bits per heavy atom. The molecule has 27 heavy (non-hydrogen) atoms. The van der Waals surface area contributed by atoms with Crippen molar-refractivity contribution in [1.29, 1.82) is 0 Å². The fourth-order valence-electron chi connectivity index (χ4n) is 2.86. The SMILES string of the molecule is COC(=O)[C@H](Cc1ccccc1OC)NC(=O)c1cnc2ccccc2c1. The zero-order chi connectivity index (χ0) is 19.2. The topological polar surface area (TPSA) is 77.5 Å². The minimum Gasteiger partial charge on any atom is -0.496 e. The van der Waals surface area contributed by atoms with Crippen molar-refractivity contribution < 1.29 is 19.1 Å². The van der Waals surface area contributed by atoms with Crippen LogP contribution in [0.3, 0.4) is 0 Å². The van der Waals surface area contributed by atoms with Gasteiger partial charge in [-0.05, 0) is 23.8 Å². The molecule has 6 nitrogen and oxygen atoms in total. The quantitative estimate of drug-likeness (QED) is 0.681. The van der Waals surface area contributed by atoms with Gasteiger partial charge in [-0.2, -0.15) is 0 Å². The van der Waals surface area contributed by atoms with Crippen molar-refractivity contribution in [2.24, 2.45) is 0 Å². The lowest BCUT2D eigenvalue weighted by Gasteiger charge is -2.18. The molecule has 0 spiro atoms. The summed E-state index contributed by atoms with van der Waals surface area (Å²) < 4.78 is 10.2. The molecule has 0 saturated carbocycles. The number of rotatable bonds is 6. The highest BCUT2D eigenvalue weighted by Gasteiger charge is 2.24. The number of para-hydroxylation sites is 2. The molecule has 0 unspecified atom stereocenters. The van der Waals surface area contributed by atoms with Crippen LogP contribution in [0.2, 0.25) is 0 Å². The fourth-order valence-corrected chi connectivity index (χ4v) is 2.86. The van der Waals surface area contributed by atoms with Crippen LogP contribution in [0.1, 0.15) is 15.9 Å². The molecule has 3 aromatic rings. The number of nitrogens with zero attached hydrogens (tertiary/aromatic N) is 1. The van der Waals surface area contributed by atoms with E-state index in [1.165, 1.54) is 13.3 Å². The van der Waals surface area contributed by atoms with Gasteiger partial charge in [0.05, 0.1) is 25.3 Å². The van der Waals surface area contributed by atoms with Crippen LogP contribution in [0.15, 0.2) is 60.8 Å². The second kappa shape index (κ2) is 8.31. The van der Waals surface area contributed by atoms with E-state index in [-0.39, 0.29) is 6.42 Å². The van der Waals surface area contributed by atoms with Crippen LogP contribution < -0.4 is 10.1 Å². The van der Waals surface area contributed by atoms with Crippen LogP contribution in [-0.4, -0.2) is 37.1 Å². The van der Waals surface area contributed by atoms with E-state index in [0.717, 1.165) is 16.5 Å². The van der Waals surface area contributed by atoms with Crippen molar-refractivity contribution in [2.45, 2.75) is 12.5 Å². The number of esters is 1. The third-order valence-electron chi connectivity index (χ3n) is 4.26. The lowest BCUT2D eigenvalue weighted by molar-refractivity contribution is -0.142. The van der Waals surface area contributed by atoms with Crippen molar-refractivity contribution in [3.8, 4) is 5.75 Å². The van der Waals surface area contributed by atoms with E-state index in [4.69, 9.17) is 9.47 Å². The van der Waals surface area contributed by atoms with Crippen LogP contribution in [0, 0.1) is 0 Å². The average molecular weight is 364 g/mol. The summed E-state index contributed by atoms with van der Waals surface area (Å²) in [6.45, 7) is 0. The van der Waals surface area contributed by atoms with E-state index in [2.05, 4.69) is 10.3 Å². The predicted molar refractivity (Wildman–Crippen MR) is 102 cm³/mol. The second-order valence-electron chi connectivity index (χ2n) is 5.98. The smallest absolute Gasteiger partial charge is 0.328 e. The summed E-state index contributed by atoms with van der Waals surface area (Å²) in [5, 5.41) is 3.59. The maximum absolute atomic E-state index is 12.7. The van der Waals surface area contributed by atoms with Gasteiger partial charge in [-0.3, -0.25) is 9.78 Å². The van der Waals surface area contributed by atoms with Gasteiger partial charge in [0.25, 0.3) is 5.91 Å². The Morgan fingerprint density at radius 2 is 1.81 bits per heavy atom. The predicted octanol–water partition coefficient (Wildman–Crippen LogP) is 2.76. The van der Waals surface area contributed by atoms with Gasteiger partial charge in [0.1, 0.15) is 11.8 Å². The van der Waals surface area contributed by atoms with E-state index in [1.54, 1.807) is 19.2 Å². The molecule has 1 heterocycles. The zero-order valence-corrected chi connectivity index (χ0v) is 15.1. The van der Waals surface area contributed by atoms with E-state index in [1.807, 2.05) is 42.5 Å². The first-order valence-corrected chi connectivity index (χ1v) is 8.47. The minimum absolute atomic E-state index is 0.253. The first kappa shape index (κ1) is 18.4. The van der Waals surface area contributed by atoms with Crippen molar-refractivity contribution in [3.63, 3.8) is 0 Å². The molecule has 1 N–H and O–H groups in total. The summed E-state index contributed by atoms with van der Waals surface area (Å²) in [4.78, 5) is 29.2. The largest absolute Gasteiger partial charge is 0.496 e. The highest BCUT2D eigenvalue weighted by Crippen LogP contribution is 2.20. The van der Waals surface area contributed by atoms with Crippen LogP contribution >= 0.6 is 0 Å². The molecule has 0 saturated heterocycles. The molecular weight excluding hydrogens is 344 g/mol. The molecule has 6 heteroatoms. The molecule has 0 bridgehead atoms. The molecule has 0 aliphatic rings. The molecule has 138 valence electrons. The number of carbonyl (C=O) groups is 2. The Morgan fingerprint density at radius 1 is 1.07 bits per heavy atom. The molecule has 1 aromatic heterocycles. The van der Waals surface area contributed by atoms with Gasteiger partial charge >= 0.3 is 5.97 Å². The maximum atomic E-state index is 12.7. The summed E-state index contributed by atoms with van der Waals surface area (Å²) >= 11 is 0. The number of methoxy groups -OCH3 is 2. The van der Waals surface area contributed by atoms with E-state index >= 15 is 0 Å². The number of amides is 1. The number of nitrogens with one attached hydrogen (secondary N) is 1. The van der Waals surface area contributed by atoms with Crippen LogP contribution in [0.25, 0.3) is 10.9 Å². The number of pyridine rings is 1. The second-order valence-corrected chi connectivity index (χ2v) is 5.98. The summed E-state index contributed by atoms with van der Waals surface area (Å²) in [5.74, 6) is -0.269. The first-order valence-electron chi connectivity index (χ1n) is 8.47. The lowest BCUT2D eigenvalue weighted by Crippen LogP contribution is -2.43. The van der Waals surface area contributed by atoms with E-state index < -0.39 is 17.9 Å². The van der Waals surface area contributed by atoms with Gasteiger partial charge < -0.3 is 14.8 Å². The van der Waals surface area contributed by atoms with Crippen LogP contribution in [0.4, 0.5) is 0 Å². The van der Waals surface area contributed by atoms with Gasteiger partial charge in [-0.25, -0.2) is 4.79 Å². The van der Waals surface area contributed by atoms with Gasteiger partial charge in [0.2, 0.25) is 0 Å². The van der Waals surface area contributed by atoms with Crippen molar-refractivity contribution in [2.75, 3.05) is 14.2 Å². The summed E-state index contributed by atoms with van der Waals surface area (Å²) in [7, 11) is 2.85. The average Bonchev–Trinajstić information content (AvgIpc) is 2.72. The van der Waals surface area contributed by atoms with Crippen molar-refractivity contribution in [3.05, 3.63) is 71.9 Å². The monoisotopic (exact) mass is 364 g/mol. The Kier molecular flexibility index (Phi) is 5.66. The van der Waals surface area contributed by atoms with Gasteiger partial charge in [0, 0.05) is 18.0 Å². The molecule has 3 rings (SSSR count). The Labute approximate surface area is 157 Å². The van der Waals surface area contributed by atoms with E-state index in [9.17, 15) is 9.59 Å². The Bertz CT molecular complexity index is 971. The zero-order valence-electron chi connectivity index (χ0n) is 15.1. The number of aromatic nitrogens is 1. The molecule has 1 atom stereocenters.